The van der Waals surface area contributed by atoms with E-state index in [1.54, 1.807) is 12.1 Å². The Balaban J connectivity index is 1.58. The van der Waals surface area contributed by atoms with Gasteiger partial charge in [-0.05, 0) is 61.7 Å². The minimum absolute atomic E-state index is 0.0886. The Kier molecular flexibility index (Phi) is 5.86. The van der Waals surface area contributed by atoms with Crippen LogP contribution < -0.4 is 15.0 Å². The van der Waals surface area contributed by atoms with E-state index >= 15 is 0 Å². The molecule has 1 amide bonds. The molecule has 0 atom stereocenters. The van der Waals surface area contributed by atoms with Gasteiger partial charge in [-0.2, -0.15) is 0 Å². The lowest BCUT2D eigenvalue weighted by molar-refractivity contribution is -0.118. The van der Waals surface area contributed by atoms with Crippen molar-refractivity contribution in [1.82, 2.24) is 0 Å². The van der Waals surface area contributed by atoms with E-state index in [0.717, 1.165) is 28.8 Å². The predicted molar refractivity (Wildman–Crippen MR) is 106 cm³/mol. The first-order valence-electron chi connectivity index (χ1n) is 8.26. The molecule has 25 heavy (non-hydrogen) atoms. The molecule has 0 saturated carbocycles. The van der Waals surface area contributed by atoms with Crippen molar-refractivity contribution in [2.24, 2.45) is 0 Å². The van der Waals surface area contributed by atoms with Crippen LogP contribution in [0.5, 0.6) is 5.75 Å². The normalized spacial score (nSPS) is 13.8. The second-order valence-corrected chi connectivity index (χ2v) is 7.43. The number of carbonyl (C=O) groups excluding carboxylic acids is 1. The second-order valence-electron chi connectivity index (χ2n) is 6.10. The van der Waals surface area contributed by atoms with Crippen molar-refractivity contribution in [2.45, 2.75) is 19.8 Å². The number of amides is 1. The van der Waals surface area contributed by atoms with Crippen molar-refractivity contribution in [2.75, 3.05) is 29.9 Å². The van der Waals surface area contributed by atoms with Gasteiger partial charge in [-0.25, -0.2) is 0 Å². The zero-order valence-electron chi connectivity index (χ0n) is 14.0. The average Bonchev–Trinajstić information content (AvgIpc) is 3.10. The van der Waals surface area contributed by atoms with Crippen LogP contribution in [0.15, 0.2) is 40.9 Å². The van der Waals surface area contributed by atoms with Crippen LogP contribution in [-0.4, -0.2) is 25.6 Å². The summed E-state index contributed by atoms with van der Waals surface area (Å²) < 4.78 is 6.36. The Hall–Kier alpha value is -1.72. The summed E-state index contributed by atoms with van der Waals surface area (Å²) in [6.45, 7) is 4.12. The molecule has 0 radical (unpaired) electrons. The molecule has 1 aliphatic heterocycles. The third-order valence-electron chi connectivity index (χ3n) is 4.21. The molecule has 2 aromatic carbocycles. The summed E-state index contributed by atoms with van der Waals surface area (Å²) in [4.78, 5) is 14.5. The maximum atomic E-state index is 12.2. The van der Waals surface area contributed by atoms with E-state index in [1.807, 2.05) is 19.1 Å². The molecular formula is C19H20BrClN2O2. The van der Waals surface area contributed by atoms with Gasteiger partial charge >= 0.3 is 0 Å². The standard InChI is InChI=1S/C19H20BrClN2O2/c1-13-10-15(23-8-2-3-9-23)5-6-17(13)22-19(24)12-25-18-7-4-14(20)11-16(18)21/h4-7,10-11H,2-3,8-9,12H2,1H3,(H,22,24). The van der Waals surface area contributed by atoms with Crippen LogP contribution in [0.25, 0.3) is 0 Å². The largest absolute Gasteiger partial charge is 0.482 e. The fourth-order valence-corrected chi connectivity index (χ4v) is 3.61. The summed E-state index contributed by atoms with van der Waals surface area (Å²) in [6, 6.07) is 11.4. The van der Waals surface area contributed by atoms with Crippen LogP contribution in [0.3, 0.4) is 0 Å². The first-order chi connectivity index (χ1) is 12.0. The average molecular weight is 424 g/mol. The van der Waals surface area contributed by atoms with Crippen LogP contribution in [-0.2, 0) is 4.79 Å². The van der Waals surface area contributed by atoms with Gasteiger partial charge in [0.1, 0.15) is 5.75 Å². The fourth-order valence-electron chi connectivity index (χ4n) is 2.88. The van der Waals surface area contributed by atoms with Crippen molar-refractivity contribution in [1.29, 1.82) is 0 Å². The third-order valence-corrected chi connectivity index (χ3v) is 5.00. The van der Waals surface area contributed by atoms with Crippen LogP contribution in [0.1, 0.15) is 18.4 Å². The van der Waals surface area contributed by atoms with Crippen LogP contribution >= 0.6 is 27.5 Å². The van der Waals surface area contributed by atoms with E-state index in [-0.39, 0.29) is 12.5 Å². The summed E-state index contributed by atoms with van der Waals surface area (Å²) in [6.07, 6.45) is 2.49. The number of hydrogen-bond donors (Lipinski definition) is 1. The second kappa shape index (κ2) is 8.11. The van der Waals surface area contributed by atoms with E-state index < -0.39 is 0 Å². The lowest BCUT2D eigenvalue weighted by Crippen LogP contribution is -2.21. The zero-order chi connectivity index (χ0) is 17.8. The molecule has 0 aliphatic carbocycles. The molecule has 1 heterocycles. The first-order valence-corrected chi connectivity index (χ1v) is 9.43. The monoisotopic (exact) mass is 422 g/mol. The molecule has 0 aromatic heterocycles. The molecule has 0 unspecified atom stereocenters. The highest BCUT2D eigenvalue weighted by Gasteiger charge is 2.14. The van der Waals surface area contributed by atoms with Gasteiger partial charge in [0.25, 0.3) is 5.91 Å². The fraction of sp³-hybridized carbons (Fsp3) is 0.316. The molecule has 2 aromatic rings. The molecule has 1 N–H and O–H groups in total. The lowest BCUT2D eigenvalue weighted by Gasteiger charge is -2.19. The van der Waals surface area contributed by atoms with E-state index in [1.165, 1.54) is 18.5 Å². The van der Waals surface area contributed by atoms with Gasteiger partial charge in [-0.15, -0.1) is 0 Å². The van der Waals surface area contributed by atoms with Crippen molar-refractivity contribution >= 4 is 44.8 Å². The van der Waals surface area contributed by atoms with Crippen LogP contribution in [0.4, 0.5) is 11.4 Å². The van der Waals surface area contributed by atoms with E-state index in [2.05, 4.69) is 38.3 Å². The molecule has 0 bridgehead atoms. The van der Waals surface area contributed by atoms with Gasteiger partial charge in [0.15, 0.2) is 6.61 Å². The molecule has 1 saturated heterocycles. The number of carbonyl (C=O) groups is 1. The van der Waals surface area contributed by atoms with Crippen molar-refractivity contribution < 1.29 is 9.53 Å². The topological polar surface area (TPSA) is 41.6 Å². The molecule has 0 spiro atoms. The van der Waals surface area contributed by atoms with Crippen molar-refractivity contribution in [3.63, 3.8) is 0 Å². The van der Waals surface area contributed by atoms with Gasteiger partial charge in [-0.3, -0.25) is 4.79 Å². The number of ether oxygens (including phenoxy) is 1. The minimum Gasteiger partial charge on any atom is -0.482 e. The summed E-state index contributed by atoms with van der Waals surface area (Å²) in [7, 11) is 0. The molecule has 1 fully saturated rings. The van der Waals surface area contributed by atoms with Crippen molar-refractivity contribution in [3.05, 3.63) is 51.5 Å². The highest BCUT2D eigenvalue weighted by Crippen LogP contribution is 2.28. The third kappa shape index (κ3) is 4.67. The number of aryl methyl sites for hydroxylation is 1. The van der Waals surface area contributed by atoms with E-state index in [0.29, 0.717) is 10.8 Å². The Morgan fingerprint density at radius 1 is 1.24 bits per heavy atom. The predicted octanol–water partition coefficient (Wildman–Crippen LogP) is 5.03. The highest BCUT2D eigenvalue weighted by atomic mass is 79.9. The van der Waals surface area contributed by atoms with Gasteiger partial charge in [0.2, 0.25) is 0 Å². The minimum atomic E-state index is -0.212. The maximum absolute atomic E-state index is 12.2. The quantitative estimate of drug-likeness (QED) is 0.733. The molecule has 6 heteroatoms. The molecule has 1 aliphatic rings. The molecular weight excluding hydrogens is 404 g/mol. The lowest BCUT2D eigenvalue weighted by atomic mass is 10.1. The zero-order valence-corrected chi connectivity index (χ0v) is 16.4. The number of nitrogens with zero attached hydrogens (tertiary/aromatic N) is 1. The van der Waals surface area contributed by atoms with Crippen molar-refractivity contribution in [3.8, 4) is 5.75 Å². The first kappa shape index (κ1) is 18.1. The number of rotatable bonds is 5. The van der Waals surface area contributed by atoms with E-state index in [9.17, 15) is 4.79 Å². The molecule has 132 valence electrons. The smallest absolute Gasteiger partial charge is 0.262 e. The maximum Gasteiger partial charge on any atom is 0.262 e. The van der Waals surface area contributed by atoms with Gasteiger partial charge < -0.3 is 15.0 Å². The summed E-state index contributed by atoms with van der Waals surface area (Å²) >= 11 is 9.42. The Morgan fingerprint density at radius 2 is 2.00 bits per heavy atom. The van der Waals surface area contributed by atoms with Crippen LogP contribution in [0.2, 0.25) is 5.02 Å². The van der Waals surface area contributed by atoms with Gasteiger partial charge in [-0.1, -0.05) is 27.5 Å². The number of hydrogen-bond acceptors (Lipinski definition) is 3. The Morgan fingerprint density at radius 3 is 2.68 bits per heavy atom. The highest BCUT2D eigenvalue weighted by molar-refractivity contribution is 9.10. The summed E-state index contributed by atoms with van der Waals surface area (Å²) in [5.41, 5.74) is 3.06. The number of nitrogens with one attached hydrogen (secondary N) is 1. The van der Waals surface area contributed by atoms with E-state index in [4.69, 9.17) is 16.3 Å². The number of benzene rings is 2. The Labute approximate surface area is 161 Å². The Bertz CT molecular complexity index is 776. The summed E-state index contributed by atoms with van der Waals surface area (Å²) in [5, 5.41) is 3.36. The number of anilines is 2. The number of halogens is 2. The SMILES string of the molecule is Cc1cc(N2CCCC2)ccc1NC(=O)COc1ccc(Br)cc1Cl. The van der Waals surface area contributed by atoms with Gasteiger partial charge in [0.05, 0.1) is 5.02 Å². The summed E-state index contributed by atoms with van der Waals surface area (Å²) in [5.74, 6) is 0.275. The van der Waals surface area contributed by atoms with Gasteiger partial charge in [0, 0.05) is 28.9 Å². The molecule has 3 rings (SSSR count). The van der Waals surface area contributed by atoms with Crippen LogP contribution in [0, 0.1) is 6.92 Å². The molecule has 4 nitrogen and oxygen atoms in total.